The Morgan fingerprint density at radius 1 is 1.41 bits per heavy atom. The predicted octanol–water partition coefficient (Wildman–Crippen LogP) is 2.52. The maximum absolute atomic E-state index is 11.8. The van der Waals surface area contributed by atoms with Crippen molar-refractivity contribution in [1.29, 1.82) is 0 Å². The predicted molar refractivity (Wildman–Crippen MR) is 74.1 cm³/mol. The van der Waals surface area contributed by atoms with E-state index in [1.54, 1.807) is 6.07 Å². The Kier molecular flexibility index (Phi) is 3.36. The number of hydrogen-bond donors (Lipinski definition) is 1. The number of sulfone groups is 1. The van der Waals surface area contributed by atoms with E-state index in [9.17, 15) is 8.42 Å². The summed E-state index contributed by atoms with van der Waals surface area (Å²) in [7, 11) is -3.23. The minimum Gasteiger partial charge on any atom is -0.321 e. The molecule has 0 heterocycles. The standard InChI is InChI=1S/C11H14BrNO2S2/c1-16-10-8(12)5-7(11(13)3-4-11)6-9(10)17(2,14)15/h5-6H,3-4,13H2,1-2H3. The third-order valence-electron chi connectivity index (χ3n) is 2.98. The molecule has 17 heavy (non-hydrogen) atoms. The van der Waals surface area contributed by atoms with Gasteiger partial charge in [-0.25, -0.2) is 8.42 Å². The molecule has 0 spiro atoms. The van der Waals surface area contributed by atoms with Crippen LogP contribution < -0.4 is 5.73 Å². The lowest BCUT2D eigenvalue weighted by Crippen LogP contribution is -2.19. The Morgan fingerprint density at radius 2 is 2.00 bits per heavy atom. The molecule has 1 fully saturated rings. The number of hydrogen-bond acceptors (Lipinski definition) is 4. The maximum Gasteiger partial charge on any atom is 0.176 e. The van der Waals surface area contributed by atoms with E-state index < -0.39 is 9.84 Å². The molecule has 3 nitrogen and oxygen atoms in total. The lowest BCUT2D eigenvalue weighted by molar-refractivity contribution is 0.599. The number of thioether (sulfide) groups is 1. The average molecular weight is 336 g/mol. The topological polar surface area (TPSA) is 60.2 Å². The minimum absolute atomic E-state index is 0.321. The monoisotopic (exact) mass is 335 g/mol. The highest BCUT2D eigenvalue weighted by Gasteiger charge is 2.41. The third-order valence-corrected chi connectivity index (χ3v) is 5.96. The summed E-state index contributed by atoms with van der Waals surface area (Å²) in [4.78, 5) is 1.12. The zero-order valence-corrected chi connectivity index (χ0v) is 12.9. The van der Waals surface area contributed by atoms with Gasteiger partial charge in [0, 0.05) is 21.2 Å². The molecule has 0 aliphatic heterocycles. The van der Waals surface area contributed by atoms with Crippen LogP contribution in [-0.2, 0) is 15.4 Å². The van der Waals surface area contributed by atoms with Crippen molar-refractivity contribution < 1.29 is 8.42 Å². The van der Waals surface area contributed by atoms with Crippen LogP contribution in [0.4, 0.5) is 0 Å². The Balaban J connectivity index is 2.67. The van der Waals surface area contributed by atoms with E-state index in [2.05, 4.69) is 15.9 Å². The summed E-state index contributed by atoms with van der Waals surface area (Å²) in [5.41, 5.74) is 6.70. The van der Waals surface area contributed by atoms with Gasteiger partial charge in [-0.3, -0.25) is 0 Å². The van der Waals surface area contributed by atoms with Crippen LogP contribution in [0.25, 0.3) is 0 Å². The fourth-order valence-corrected chi connectivity index (χ4v) is 4.84. The van der Waals surface area contributed by atoms with Crippen molar-refractivity contribution in [3.63, 3.8) is 0 Å². The van der Waals surface area contributed by atoms with E-state index in [0.717, 1.165) is 27.8 Å². The summed E-state index contributed by atoms with van der Waals surface area (Å²) in [6.07, 6.45) is 4.93. The van der Waals surface area contributed by atoms with Crippen LogP contribution in [0, 0.1) is 0 Å². The molecule has 1 saturated carbocycles. The maximum atomic E-state index is 11.8. The molecule has 6 heteroatoms. The second-order valence-corrected chi connectivity index (χ2v) is 8.07. The normalized spacial score (nSPS) is 18.1. The van der Waals surface area contributed by atoms with Gasteiger partial charge in [0.05, 0.1) is 4.90 Å². The van der Waals surface area contributed by atoms with Crippen LogP contribution in [0.1, 0.15) is 18.4 Å². The summed E-state index contributed by atoms with van der Waals surface area (Å²) in [5, 5.41) is 0. The van der Waals surface area contributed by atoms with Crippen LogP contribution in [0.5, 0.6) is 0 Å². The quantitative estimate of drug-likeness (QED) is 0.862. The van der Waals surface area contributed by atoms with E-state index >= 15 is 0 Å². The number of benzene rings is 1. The number of rotatable bonds is 3. The minimum atomic E-state index is -3.23. The highest BCUT2D eigenvalue weighted by atomic mass is 79.9. The van der Waals surface area contributed by atoms with Crippen LogP contribution in [-0.4, -0.2) is 20.9 Å². The molecule has 0 radical (unpaired) electrons. The summed E-state index contributed by atoms with van der Waals surface area (Å²) >= 11 is 4.85. The summed E-state index contributed by atoms with van der Waals surface area (Å²) in [6, 6.07) is 3.66. The van der Waals surface area contributed by atoms with Gasteiger partial charge in [0.2, 0.25) is 0 Å². The first kappa shape index (κ1) is 13.4. The van der Waals surface area contributed by atoms with Gasteiger partial charge >= 0.3 is 0 Å². The zero-order chi connectivity index (χ0) is 12.8. The zero-order valence-electron chi connectivity index (χ0n) is 9.66. The first-order valence-corrected chi connectivity index (χ1v) is 9.06. The average Bonchev–Trinajstić information content (AvgIpc) is 2.95. The van der Waals surface area contributed by atoms with E-state index in [0.29, 0.717) is 4.90 Å². The fourth-order valence-electron chi connectivity index (χ4n) is 1.75. The van der Waals surface area contributed by atoms with E-state index in [1.165, 1.54) is 18.0 Å². The second-order valence-electron chi connectivity index (χ2n) is 4.42. The molecule has 94 valence electrons. The Morgan fingerprint density at radius 3 is 2.41 bits per heavy atom. The van der Waals surface area contributed by atoms with Crippen molar-refractivity contribution in [2.75, 3.05) is 12.5 Å². The molecule has 1 aromatic carbocycles. The molecule has 2 rings (SSSR count). The molecule has 2 N–H and O–H groups in total. The molecule has 0 atom stereocenters. The highest BCUT2D eigenvalue weighted by Crippen LogP contribution is 2.46. The molecule has 1 aliphatic rings. The largest absolute Gasteiger partial charge is 0.321 e. The van der Waals surface area contributed by atoms with Gasteiger partial charge in [0.1, 0.15) is 0 Å². The van der Waals surface area contributed by atoms with Gasteiger partial charge in [-0.1, -0.05) is 0 Å². The molecule has 1 aromatic rings. The molecule has 0 aromatic heterocycles. The van der Waals surface area contributed by atoms with Gasteiger partial charge in [-0.2, -0.15) is 0 Å². The van der Waals surface area contributed by atoms with Crippen molar-refractivity contribution in [2.45, 2.75) is 28.2 Å². The molecular weight excluding hydrogens is 322 g/mol. The van der Waals surface area contributed by atoms with Crippen molar-refractivity contribution >= 4 is 37.5 Å². The fraction of sp³-hybridized carbons (Fsp3) is 0.455. The summed E-state index contributed by atoms with van der Waals surface area (Å²) < 4.78 is 24.4. The van der Waals surface area contributed by atoms with Gasteiger partial charge in [0.15, 0.2) is 9.84 Å². The van der Waals surface area contributed by atoms with Crippen molar-refractivity contribution in [3.05, 3.63) is 22.2 Å². The number of nitrogens with two attached hydrogens (primary N) is 1. The molecule has 0 unspecified atom stereocenters. The Labute approximate surface area is 114 Å². The van der Waals surface area contributed by atoms with Gasteiger partial charge < -0.3 is 5.73 Å². The molecule has 0 saturated heterocycles. The highest BCUT2D eigenvalue weighted by molar-refractivity contribution is 9.10. The van der Waals surface area contributed by atoms with E-state index in [1.807, 2.05) is 12.3 Å². The van der Waals surface area contributed by atoms with Crippen molar-refractivity contribution in [2.24, 2.45) is 5.73 Å². The van der Waals surface area contributed by atoms with E-state index in [-0.39, 0.29) is 5.54 Å². The first-order valence-electron chi connectivity index (χ1n) is 5.15. The Bertz CT molecular complexity index is 565. The van der Waals surface area contributed by atoms with Crippen molar-refractivity contribution in [3.8, 4) is 0 Å². The Hall–Kier alpha value is -0.0400. The lowest BCUT2D eigenvalue weighted by atomic mass is 10.1. The first-order chi connectivity index (χ1) is 7.78. The van der Waals surface area contributed by atoms with Crippen LogP contribution in [0.15, 0.2) is 26.4 Å². The lowest BCUT2D eigenvalue weighted by Gasteiger charge is -2.15. The van der Waals surface area contributed by atoms with Gasteiger partial charge in [-0.15, -0.1) is 11.8 Å². The second kappa shape index (κ2) is 4.26. The van der Waals surface area contributed by atoms with Crippen molar-refractivity contribution in [1.82, 2.24) is 0 Å². The summed E-state index contributed by atoms with van der Waals surface area (Å²) in [5.74, 6) is 0. The van der Waals surface area contributed by atoms with Gasteiger partial charge in [0.25, 0.3) is 0 Å². The van der Waals surface area contributed by atoms with Crippen LogP contribution in [0.2, 0.25) is 0 Å². The molecule has 0 bridgehead atoms. The van der Waals surface area contributed by atoms with Crippen LogP contribution in [0.3, 0.4) is 0 Å². The van der Waals surface area contributed by atoms with Gasteiger partial charge in [-0.05, 0) is 52.7 Å². The number of halogens is 1. The van der Waals surface area contributed by atoms with E-state index in [4.69, 9.17) is 5.73 Å². The third kappa shape index (κ3) is 2.54. The molecular formula is C11H14BrNO2S2. The molecule has 0 amide bonds. The van der Waals surface area contributed by atoms with Crippen LogP contribution >= 0.6 is 27.7 Å². The molecule has 1 aliphatic carbocycles. The SMILES string of the molecule is CSc1c(Br)cc(C2(N)CC2)cc1S(C)(=O)=O. The summed E-state index contributed by atoms with van der Waals surface area (Å²) in [6.45, 7) is 0. The smallest absolute Gasteiger partial charge is 0.176 e.